The fourth-order valence-corrected chi connectivity index (χ4v) is 7.58. The molecule has 0 aliphatic heterocycles. The number of benzene rings is 3. The molecule has 5 rings (SSSR count). The van der Waals surface area contributed by atoms with Crippen molar-refractivity contribution in [2.24, 2.45) is 0 Å². The van der Waals surface area contributed by atoms with Crippen LogP contribution in [0.3, 0.4) is 0 Å². The number of ether oxygens (including phenoxy) is 2. The molecule has 47 heavy (non-hydrogen) atoms. The third kappa shape index (κ3) is 8.32. The minimum Gasteiger partial charge on any atom is -0.472 e. The number of hydrogen-bond acceptors (Lipinski definition) is 9. The van der Waals surface area contributed by atoms with E-state index in [4.69, 9.17) is 9.47 Å². The van der Waals surface area contributed by atoms with Crippen molar-refractivity contribution in [3.05, 3.63) is 99.6 Å². The molecule has 5 aromatic rings. The molecule has 0 radical (unpaired) electrons. The second-order valence-electron chi connectivity index (χ2n) is 11.6. The van der Waals surface area contributed by atoms with E-state index in [1.807, 2.05) is 74.4 Å². The van der Waals surface area contributed by atoms with Crippen molar-refractivity contribution >= 4 is 48.5 Å². The van der Waals surface area contributed by atoms with Gasteiger partial charge in [0, 0.05) is 26.2 Å². The average molecular weight is 666 g/mol. The second-order valence-corrected chi connectivity index (χ2v) is 13.4. The predicted molar refractivity (Wildman–Crippen MR) is 197 cm³/mol. The quantitative estimate of drug-likeness (QED) is 0.0856. The number of nitrogens with zero attached hydrogens (tertiary/aromatic N) is 4. The summed E-state index contributed by atoms with van der Waals surface area (Å²) in [6, 6.07) is 22.5. The molecule has 0 spiro atoms. The zero-order valence-corrected chi connectivity index (χ0v) is 30.1. The van der Waals surface area contributed by atoms with Gasteiger partial charge in [-0.3, -0.25) is 9.80 Å². The summed E-state index contributed by atoms with van der Waals surface area (Å²) >= 11 is 3.49. The third-order valence-corrected chi connectivity index (χ3v) is 9.98. The monoisotopic (exact) mass is 665 g/mol. The number of anilines is 1. The van der Waals surface area contributed by atoms with Crippen LogP contribution in [-0.2, 0) is 12.8 Å². The van der Waals surface area contributed by atoms with Crippen molar-refractivity contribution in [3.63, 3.8) is 0 Å². The van der Waals surface area contributed by atoms with Crippen molar-refractivity contribution in [2.45, 2.75) is 52.8 Å². The van der Waals surface area contributed by atoms with E-state index < -0.39 is 6.10 Å². The maximum absolute atomic E-state index is 9.64. The number of hydrogen-bond donors (Lipinski definition) is 1. The van der Waals surface area contributed by atoms with E-state index in [0.29, 0.717) is 0 Å². The molecule has 9 heteroatoms. The first-order chi connectivity index (χ1) is 22.6. The summed E-state index contributed by atoms with van der Waals surface area (Å²) in [6.07, 6.45) is 2.68. The molecule has 2 heterocycles. The molecule has 0 saturated heterocycles. The van der Waals surface area contributed by atoms with Gasteiger partial charge in [-0.1, -0.05) is 32.0 Å². The predicted octanol–water partition coefficient (Wildman–Crippen LogP) is 9.12. The smallest absolute Gasteiger partial charge is 0.219 e. The second kappa shape index (κ2) is 16.4. The van der Waals surface area contributed by atoms with E-state index >= 15 is 0 Å². The molecule has 244 valence electrons. The van der Waals surface area contributed by atoms with E-state index in [-0.39, 0.29) is 11.9 Å². The molecule has 0 bridgehead atoms. The van der Waals surface area contributed by atoms with Crippen LogP contribution in [-0.4, -0.2) is 50.3 Å². The van der Waals surface area contributed by atoms with Crippen LogP contribution in [0.15, 0.2) is 77.3 Å². The van der Waals surface area contributed by atoms with Crippen LogP contribution in [0, 0.1) is 36.5 Å². The summed E-state index contributed by atoms with van der Waals surface area (Å²) in [5.74, 6) is 1.82. The van der Waals surface area contributed by atoms with Gasteiger partial charge in [0.25, 0.3) is 0 Å². The lowest BCUT2D eigenvalue weighted by molar-refractivity contribution is 0.0404. The first-order valence-corrected chi connectivity index (χ1v) is 17.4. The maximum atomic E-state index is 9.64. The van der Waals surface area contributed by atoms with Gasteiger partial charge >= 0.3 is 0 Å². The third-order valence-electron chi connectivity index (χ3n) is 7.88. The number of likely N-dealkylation sites (N-methyl/N-ethyl adjacent to an activating group) is 2. The molecule has 3 aromatic carbocycles. The lowest BCUT2D eigenvalue weighted by Gasteiger charge is -2.34. The van der Waals surface area contributed by atoms with Crippen LogP contribution >= 0.6 is 22.7 Å². The van der Waals surface area contributed by atoms with Crippen LogP contribution in [0.25, 0.3) is 20.2 Å². The van der Waals surface area contributed by atoms with Crippen molar-refractivity contribution in [2.75, 3.05) is 33.5 Å². The standard InChI is InChI=1S/C20H18N2OS.C18H25N3OS/c1-3-17-18-9-10-24-20(18)14(2)11-19(17)23-16(12-21)13-22-15-7-5-4-6-8-15;1-7-13-14-8-9-23-17(14)12(2)10-15(13)22-16(11-19)18(20(3)4)21(5)6/h4-11,13,22H,3H2,1-2H3;8-10,16,18H,7H2,1-6H3/b16-13+;. The summed E-state index contributed by atoms with van der Waals surface area (Å²) in [6.45, 7) is 8.41. The Balaban J connectivity index is 0.000000213. The zero-order valence-electron chi connectivity index (χ0n) is 28.4. The number of allylic oxidation sites excluding steroid dienone is 1. The summed E-state index contributed by atoms with van der Waals surface area (Å²) < 4.78 is 14.7. The van der Waals surface area contributed by atoms with Crippen LogP contribution in [0.1, 0.15) is 36.1 Å². The fourth-order valence-electron chi connectivity index (χ4n) is 5.77. The molecule has 0 aliphatic rings. The fraction of sp³-hybridized carbons (Fsp3) is 0.316. The Morgan fingerprint density at radius 3 is 1.85 bits per heavy atom. The van der Waals surface area contributed by atoms with Gasteiger partial charge in [0.15, 0.2) is 0 Å². The van der Waals surface area contributed by atoms with E-state index in [1.165, 1.54) is 36.9 Å². The highest BCUT2D eigenvalue weighted by atomic mass is 32.1. The molecule has 0 amide bonds. The SMILES string of the molecule is CCc1c(O/C(C#N)=C/Nc2ccccc2)cc(C)c2sccc12.CCc1c(OC(C#N)C(N(C)C)N(C)C)cc(C)c2sccc12. The van der Waals surface area contributed by atoms with Crippen molar-refractivity contribution in [1.29, 1.82) is 10.5 Å². The molecular weight excluding hydrogens is 623 g/mol. The lowest BCUT2D eigenvalue weighted by atomic mass is 10.0. The van der Waals surface area contributed by atoms with Crippen LogP contribution < -0.4 is 14.8 Å². The minimum atomic E-state index is -0.555. The van der Waals surface area contributed by atoms with Gasteiger partial charge in [0.05, 0.1) is 6.20 Å². The van der Waals surface area contributed by atoms with Gasteiger partial charge in [-0.05, 0) is 124 Å². The largest absolute Gasteiger partial charge is 0.472 e. The number of para-hydroxylation sites is 1. The first-order valence-electron chi connectivity index (χ1n) is 15.6. The van der Waals surface area contributed by atoms with Gasteiger partial charge in [-0.15, -0.1) is 22.7 Å². The molecule has 2 aromatic heterocycles. The average Bonchev–Trinajstić information content (AvgIpc) is 3.75. The number of fused-ring (bicyclic) bond motifs is 2. The molecule has 0 saturated carbocycles. The van der Waals surface area contributed by atoms with Crippen LogP contribution in [0.4, 0.5) is 5.69 Å². The molecular formula is C38H43N5O2S2. The Labute approximate surface area is 286 Å². The van der Waals surface area contributed by atoms with E-state index in [0.717, 1.165) is 35.6 Å². The van der Waals surface area contributed by atoms with E-state index in [9.17, 15) is 10.5 Å². The van der Waals surface area contributed by atoms with Gasteiger partial charge in [0.1, 0.15) is 29.8 Å². The first kappa shape index (κ1) is 35.5. The van der Waals surface area contributed by atoms with Crippen molar-refractivity contribution in [1.82, 2.24) is 9.80 Å². The highest BCUT2D eigenvalue weighted by molar-refractivity contribution is 7.17. The van der Waals surface area contributed by atoms with Crippen molar-refractivity contribution in [3.8, 4) is 23.6 Å². The molecule has 0 fully saturated rings. The molecule has 1 N–H and O–H groups in total. The van der Waals surface area contributed by atoms with Gasteiger partial charge in [-0.2, -0.15) is 10.5 Å². The number of nitriles is 2. The van der Waals surface area contributed by atoms with Gasteiger partial charge < -0.3 is 14.8 Å². The lowest BCUT2D eigenvalue weighted by Crippen LogP contribution is -2.50. The summed E-state index contributed by atoms with van der Waals surface area (Å²) in [5, 5.41) is 28.8. The number of thiophene rings is 2. The Kier molecular flexibility index (Phi) is 12.4. The van der Waals surface area contributed by atoms with E-state index in [1.54, 1.807) is 28.9 Å². The minimum absolute atomic E-state index is 0.108. The highest BCUT2D eigenvalue weighted by Gasteiger charge is 2.28. The normalized spacial score (nSPS) is 12.1. The molecule has 1 unspecified atom stereocenters. The Morgan fingerprint density at radius 1 is 0.830 bits per heavy atom. The Bertz CT molecular complexity index is 1900. The van der Waals surface area contributed by atoms with Crippen LogP contribution in [0.5, 0.6) is 11.5 Å². The van der Waals surface area contributed by atoms with Gasteiger partial charge in [0.2, 0.25) is 11.9 Å². The highest BCUT2D eigenvalue weighted by Crippen LogP contribution is 2.37. The number of aryl methyl sites for hydroxylation is 4. The zero-order chi connectivity index (χ0) is 34.1. The summed E-state index contributed by atoms with van der Waals surface area (Å²) in [5.41, 5.74) is 5.60. The van der Waals surface area contributed by atoms with E-state index in [2.05, 4.69) is 74.1 Å². The topological polar surface area (TPSA) is 84.5 Å². The van der Waals surface area contributed by atoms with Gasteiger partial charge in [-0.25, -0.2) is 0 Å². The van der Waals surface area contributed by atoms with Crippen molar-refractivity contribution < 1.29 is 9.47 Å². The molecule has 1 atom stereocenters. The summed E-state index contributed by atoms with van der Waals surface area (Å²) in [4.78, 5) is 4.02. The summed E-state index contributed by atoms with van der Waals surface area (Å²) in [7, 11) is 7.86. The molecule has 0 aliphatic carbocycles. The number of rotatable bonds is 11. The molecule has 7 nitrogen and oxygen atoms in total. The maximum Gasteiger partial charge on any atom is 0.219 e. The Hall–Kier alpha value is -4.38. The Morgan fingerprint density at radius 2 is 1.36 bits per heavy atom. The van der Waals surface area contributed by atoms with Crippen LogP contribution in [0.2, 0.25) is 0 Å². The number of nitrogens with one attached hydrogen (secondary N) is 1.